The maximum Gasteiger partial charge on any atom is 0.303 e. The highest BCUT2D eigenvalue weighted by Crippen LogP contribution is 2.23. The van der Waals surface area contributed by atoms with Crippen LogP contribution in [0.4, 0.5) is 5.69 Å². The van der Waals surface area contributed by atoms with Gasteiger partial charge in [0, 0.05) is 19.0 Å². The number of carboxylic acid groups (broad SMARTS) is 1. The number of hydrogen-bond donors (Lipinski definition) is 2. The summed E-state index contributed by atoms with van der Waals surface area (Å²) in [5, 5.41) is 11.3. The number of aryl methyl sites for hydroxylation is 1. The number of anilines is 1. The summed E-state index contributed by atoms with van der Waals surface area (Å²) < 4.78 is 5.13. The van der Waals surface area contributed by atoms with E-state index in [4.69, 9.17) is 9.84 Å². The van der Waals surface area contributed by atoms with Gasteiger partial charge >= 0.3 is 5.97 Å². The first-order valence-electron chi connectivity index (χ1n) is 5.19. The SMILES string of the molecule is COc1ccc(NC(C)=O)cc1CCC(=O)O. The van der Waals surface area contributed by atoms with Gasteiger partial charge in [0.1, 0.15) is 5.75 Å². The Morgan fingerprint density at radius 3 is 2.65 bits per heavy atom. The van der Waals surface area contributed by atoms with Crippen molar-refractivity contribution in [1.29, 1.82) is 0 Å². The van der Waals surface area contributed by atoms with Crippen molar-refractivity contribution < 1.29 is 19.4 Å². The average molecular weight is 237 g/mol. The highest BCUT2D eigenvalue weighted by molar-refractivity contribution is 5.88. The monoisotopic (exact) mass is 237 g/mol. The molecule has 1 rings (SSSR count). The number of hydrogen-bond acceptors (Lipinski definition) is 3. The fraction of sp³-hybridized carbons (Fsp3) is 0.333. The number of carbonyl (C=O) groups excluding carboxylic acids is 1. The minimum absolute atomic E-state index is 0.0277. The standard InChI is InChI=1S/C12H15NO4/c1-8(14)13-10-4-5-11(17-2)9(7-10)3-6-12(15)16/h4-5,7H,3,6H2,1-2H3,(H,13,14)(H,15,16). The third-order valence-corrected chi connectivity index (χ3v) is 2.21. The molecular formula is C12H15NO4. The summed E-state index contributed by atoms with van der Waals surface area (Å²) in [6.45, 7) is 1.42. The summed E-state index contributed by atoms with van der Waals surface area (Å²) >= 11 is 0. The van der Waals surface area contributed by atoms with Crippen LogP contribution in [-0.2, 0) is 16.0 Å². The molecule has 0 saturated carbocycles. The minimum Gasteiger partial charge on any atom is -0.496 e. The van der Waals surface area contributed by atoms with E-state index in [-0.39, 0.29) is 12.3 Å². The van der Waals surface area contributed by atoms with Gasteiger partial charge in [0.2, 0.25) is 5.91 Å². The number of aliphatic carboxylic acids is 1. The fourth-order valence-corrected chi connectivity index (χ4v) is 1.50. The molecule has 0 fully saturated rings. The predicted molar refractivity (Wildman–Crippen MR) is 63.3 cm³/mol. The van der Waals surface area contributed by atoms with Gasteiger partial charge in [-0.25, -0.2) is 0 Å². The van der Waals surface area contributed by atoms with E-state index >= 15 is 0 Å². The molecule has 0 aliphatic heterocycles. The maximum absolute atomic E-state index is 10.9. The molecule has 17 heavy (non-hydrogen) atoms. The number of rotatable bonds is 5. The van der Waals surface area contributed by atoms with Crippen molar-refractivity contribution in [2.45, 2.75) is 19.8 Å². The Balaban J connectivity index is 2.89. The van der Waals surface area contributed by atoms with E-state index in [2.05, 4.69) is 5.32 Å². The first kappa shape index (κ1) is 13.0. The summed E-state index contributed by atoms with van der Waals surface area (Å²) in [5.41, 5.74) is 1.40. The number of nitrogens with one attached hydrogen (secondary N) is 1. The zero-order valence-electron chi connectivity index (χ0n) is 9.82. The van der Waals surface area contributed by atoms with Crippen molar-refractivity contribution in [1.82, 2.24) is 0 Å². The lowest BCUT2D eigenvalue weighted by Gasteiger charge is -2.10. The van der Waals surface area contributed by atoms with Gasteiger partial charge < -0.3 is 15.2 Å². The lowest BCUT2D eigenvalue weighted by Crippen LogP contribution is -2.07. The van der Waals surface area contributed by atoms with Crippen molar-refractivity contribution in [2.24, 2.45) is 0 Å². The molecule has 0 aromatic heterocycles. The number of methoxy groups -OCH3 is 1. The van der Waals surface area contributed by atoms with Gasteiger partial charge in [-0.1, -0.05) is 0 Å². The van der Waals surface area contributed by atoms with Crippen molar-refractivity contribution in [3.8, 4) is 5.75 Å². The summed E-state index contributed by atoms with van der Waals surface area (Å²) in [4.78, 5) is 21.4. The third-order valence-electron chi connectivity index (χ3n) is 2.21. The Labute approximate surface area is 99.4 Å². The van der Waals surface area contributed by atoms with Gasteiger partial charge in [-0.3, -0.25) is 9.59 Å². The van der Waals surface area contributed by atoms with Crippen molar-refractivity contribution >= 4 is 17.6 Å². The van der Waals surface area contributed by atoms with Gasteiger partial charge in [-0.05, 0) is 30.2 Å². The molecule has 0 atom stereocenters. The van der Waals surface area contributed by atoms with Crippen LogP contribution >= 0.6 is 0 Å². The molecule has 0 saturated heterocycles. The summed E-state index contributed by atoms with van der Waals surface area (Å²) in [5.74, 6) is -0.406. The molecule has 1 aromatic rings. The fourth-order valence-electron chi connectivity index (χ4n) is 1.50. The number of amides is 1. The van der Waals surface area contributed by atoms with Crippen molar-refractivity contribution in [3.05, 3.63) is 23.8 Å². The minimum atomic E-state index is -0.864. The van der Waals surface area contributed by atoms with Gasteiger partial charge in [-0.15, -0.1) is 0 Å². The Hall–Kier alpha value is -2.04. The van der Waals surface area contributed by atoms with Crippen LogP contribution in [0.15, 0.2) is 18.2 Å². The summed E-state index contributed by atoms with van der Waals surface area (Å²) in [6, 6.07) is 5.15. The van der Waals surface area contributed by atoms with Crippen LogP contribution in [0.2, 0.25) is 0 Å². The van der Waals surface area contributed by atoms with Crippen LogP contribution < -0.4 is 10.1 Å². The highest BCUT2D eigenvalue weighted by Gasteiger charge is 2.07. The third kappa shape index (κ3) is 4.14. The van der Waals surface area contributed by atoms with E-state index in [1.807, 2.05) is 0 Å². The first-order valence-corrected chi connectivity index (χ1v) is 5.19. The van der Waals surface area contributed by atoms with E-state index in [1.54, 1.807) is 18.2 Å². The van der Waals surface area contributed by atoms with Crippen LogP contribution in [0, 0.1) is 0 Å². The second-order valence-corrected chi connectivity index (χ2v) is 3.60. The van der Waals surface area contributed by atoms with E-state index in [1.165, 1.54) is 14.0 Å². The molecule has 0 bridgehead atoms. The lowest BCUT2D eigenvalue weighted by atomic mass is 10.1. The average Bonchev–Trinajstić information content (AvgIpc) is 2.25. The van der Waals surface area contributed by atoms with Gasteiger partial charge in [-0.2, -0.15) is 0 Å². The summed E-state index contributed by atoms with van der Waals surface area (Å²) in [7, 11) is 1.53. The molecule has 0 spiro atoms. The largest absolute Gasteiger partial charge is 0.496 e. The molecule has 0 radical (unpaired) electrons. The topological polar surface area (TPSA) is 75.6 Å². The number of carbonyl (C=O) groups is 2. The first-order chi connectivity index (χ1) is 8.02. The van der Waals surface area contributed by atoms with Crippen LogP contribution in [0.25, 0.3) is 0 Å². The Morgan fingerprint density at radius 2 is 2.12 bits per heavy atom. The Morgan fingerprint density at radius 1 is 1.41 bits per heavy atom. The van der Waals surface area contributed by atoms with Crippen LogP contribution in [0.3, 0.4) is 0 Å². The van der Waals surface area contributed by atoms with E-state index < -0.39 is 5.97 Å². The molecule has 0 aliphatic rings. The zero-order chi connectivity index (χ0) is 12.8. The highest BCUT2D eigenvalue weighted by atomic mass is 16.5. The van der Waals surface area contributed by atoms with Crippen LogP contribution in [0.5, 0.6) is 5.75 Å². The van der Waals surface area contributed by atoms with Crippen LogP contribution in [-0.4, -0.2) is 24.1 Å². The zero-order valence-corrected chi connectivity index (χ0v) is 9.82. The second kappa shape index (κ2) is 5.89. The van der Waals surface area contributed by atoms with E-state index in [0.717, 1.165) is 5.56 Å². The quantitative estimate of drug-likeness (QED) is 0.816. The van der Waals surface area contributed by atoms with E-state index in [0.29, 0.717) is 17.9 Å². The van der Waals surface area contributed by atoms with Crippen molar-refractivity contribution in [3.63, 3.8) is 0 Å². The number of benzene rings is 1. The number of ether oxygens (including phenoxy) is 1. The van der Waals surface area contributed by atoms with Gasteiger partial charge in [0.05, 0.1) is 7.11 Å². The molecule has 0 unspecified atom stereocenters. The molecule has 2 N–H and O–H groups in total. The second-order valence-electron chi connectivity index (χ2n) is 3.60. The van der Waals surface area contributed by atoms with Crippen molar-refractivity contribution in [2.75, 3.05) is 12.4 Å². The molecule has 92 valence electrons. The summed E-state index contributed by atoms with van der Waals surface area (Å²) in [6.07, 6.45) is 0.395. The van der Waals surface area contributed by atoms with E-state index in [9.17, 15) is 9.59 Å². The Bertz CT molecular complexity index is 429. The lowest BCUT2D eigenvalue weighted by molar-refractivity contribution is -0.137. The molecule has 5 nitrogen and oxygen atoms in total. The van der Waals surface area contributed by atoms with Gasteiger partial charge in [0.15, 0.2) is 0 Å². The predicted octanol–water partition coefficient (Wildman–Crippen LogP) is 1.67. The van der Waals surface area contributed by atoms with Crippen LogP contribution in [0.1, 0.15) is 18.9 Å². The molecule has 5 heteroatoms. The molecule has 1 amide bonds. The number of carboxylic acids is 1. The molecule has 0 heterocycles. The Kier molecular flexibility index (Phi) is 4.51. The molecule has 1 aromatic carbocycles. The molecule has 0 aliphatic carbocycles. The normalized spacial score (nSPS) is 9.76. The molecular weight excluding hydrogens is 222 g/mol. The van der Waals surface area contributed by atoms with Gasteiger partial charge in [0.25, 0.3) is 0 Å². The maximum atomic E-state index is 10.9. The smallest absolute Gasteiger partial charge is 0.303 e.